The number of para-hydroxylation sites is 3. The summed E-state index contributed by atoms with van der Waals surface area (Å²) in [7, 11) is 0. The number of aliphatic hydroxyl groups is 1. The second kappa shape index (κ2) is 9.21. The van der Waals surface area contributed by atoms with Crippen molar-refractivity contribution in [2.75, 3.05) is 5.75 Å². The van der Waals surface area contributed by atoms with Crippen LogP contribution in [0.4, 0.5) is 0 Å². The summed E-state index contributed by atoms with van der Waals surface area (Å²) in [6.07, 6.45) is 3.42. The smallest absolute Gasteiger partial charge is 0.196 e. The molecule has 3 aromatic heterocycles. The predicted molar refractivity (Wildman–Crippen MR) is 131 cm³/mol. The summed E-state index contributed by atoms with van der Waals surface area (Å²) in [4.78, 5) is 11.6. The van der Waals surface area contributed by atoms with E-state index in [-0.39, 0.29) is 17.1 Å². The summed E-state index contributed by atoms with van der Waals surface area (Å²) in [5.74, 6) is 1.04. The van der Waals surface area contributed by atoms with Crippen LogP contribution in [0.2, 0.25) is 0 Å². The molecule has 0 saturated heterocycles. The van der Waals surface area contributed by atoms with E-state index in [4.69, 9.17) is 0 Å². The van der Waals surface area contributed by atoms with Gasteiger partial charge in [-0.3, -0.25) is 9.55 Å². The number of nitriles is 1. The molecule has 2 N–H and O–H groups in total. The number of aliphatic hydroxyl groups excluding tert-OH is 1. The molecule has 0 saturated carbocycles. The quantitative estimate of drug-likeness (QED) is 0.204. The largest absolute Gasteiger partial charge is 0.510 e. The van der Waals surface area contributed by atoms with Gasteiger partial charge in [0, 0.05) is 18.0 Å². The average molecular weight is 466 g/mol. The maximum atomic E-state index is 10.8. The molecule has 5 aromatic rings. The molecular formula is C25H19N7OS. The summed E-state index contributed by atoms with van der Waals surface area (Å²) >= 11 is 1.29. The highest BCUT2D eigenvalue weighted by Gasteiger charge is 2.19. The highest BCUT2D eigenvalue weighted by atomic mass is 32.2. The van der Waals surface area contributed by atoms with Crippen LogP contribution in [0.15, 0.2) is 84.0 Å². The molecule has 9 heteroatoms. The van der Waals surface area contributed by atoms with Crippen LogP contribution in [-0.2, 0) is 0 Å². The third-order valence-electron chi connectivity index (χ3n) is 5.29. The molecule has 0 radical (unpaired) electrons. The van der Waals surface area contributed by atoms with Gasteiger partial charge in [0.1, 0.15) is 17.4 Å². The fraction of sp³-hybridized carbons (Fsp3) is 0.0800. The topological polar surface area (TPSA) is 116 Å². The van der Waals surface area contributed by atoms with E-state index in [0.29, 0.717) is 16.8 Å². The minimum Gasteiger partial charge on any atom is -0.510 e. The highest BCUT2D eigenvalue weighted by molar-refractivity contribution is 7.99. The van der Waals surface area contributed by atoms with Crippen molar-refractivity contribution >= 4 is 28.4 Å². The molecule has 166 valence electrons. The van der Waals surface area contributed by atoms with Crippen molar-refractivity contribution in [3.63, 3.8) is 0 Å². The molecule has 0 amide bonds. The summed E-state index contributed by atoms with van der Waals surface area (Å²) in [6, 6.07) is 21.3. The molecule has 0 aliphatic carbocycles. The van der Waals surface area contributed by atoms with E-state index < -0.39 is 0 Å². The number of rotatable bonds is 6. The fourth-order valence-corrected chi connectivity index (χ4v) is 4.44. The van der Waals surface area contributed by atoms with Gasteiger partial charge in [-0.15, -0.1) is 10.2 Å². The minimum absolute atomic E-state index is 0.0867. The Morgan fingerprint density at radius 3 is 2.59 bits per heavy atom. The molecule has 34 heavy (non-hydrogen) atoms. The first-order chi connectivity index (χ1) is 16.7. The van der Waals surface area contributed by atoms with Crippen molar-refractivity contribution in [3.05, 3.63) is 90.2 Å². The number of nitrogens with zero attached hydrogens (tertiary/aromatic N) is 6. The maximum Gasteiger partial charge on any atom is 0.196 e. The lowest BCUT2D eigenvalue weighted by Crippen LogP contribution is -2.03. The lowest BCUT2D eigenvalue weighted by molar-refractivity contribution is 0.420. The molecule has 0 aliphatic rings. The number of pyridine rings is 1. The van der Waals surface area contributed by atoms with E-state index in [1.54, 1.807) is 12.4 Å². The van der Waals surface area contributed by atoms with E-state index in [1.807, 2.05) is 72.2 Å². The van der Waals surface area contributed by atoms with Crippen LogP contribution in [-0.4, -0.2) is 40.6 Å². The summed E-state index contributed by atoms with van der Waals surface area (Å²) in [5.41, 5.74) is 4.48. The molecule has 0 unspecified atom stereocenters. The van der Waals surface area contributed by atoms with Crippen LogP contribution in [0.3, 0.4) is 0 Å². The number of benzene rings is 2. The molecule has 8 nitrogen and oxygen atoms in total. The van der Waals surface area contributed by atoms with Gasteiger partial charge < -0.3 is 10.1 Å². The number of aromatic amines is 1. The summed E-state index contributed by atoms with van der Waals surface area (Å²) < 4.78 is 1.95. The summed E-state index contributed by atoms with van der Waals surface area (Å²) in [6.45, 7) is 2.02. The molecule has 3 heterocycles. The highest BCUT2D eigenvalue weighted by Crippen LogP contribution is 2.31. The number of H-pyrrole nitrogens is 1. The van der Waals surface area contributed by atoms with Gasteiger partial charge in [0.15, 0.2) is 16.8 Å². The number of aromatic nitrogens is 6. The Kier molecular flexibility index (Phi) is 5.81. The van der Waals surface area contributed by atoms with Crippen molar-refractivity contribution < 1.29 is 5.11 Å². The van der Waals surface area contributed by atoms with E-state index in [2.05, 4.69) is 31.2 Å². The van der Waals surface area contributed by atoms with Crippen molar-refractivity contribution in [2.24, 2.45) is 0 Å². The fourth-order valence-electron chi connectivity index (χ4n) is 3.61. The zero-order valence-electron chi connectivity index (χ0n) is 18.2. The van der Waals surface area contributed by atoms with Crippen molar-refractivity contribution in [1.29, 1.82) is 5.26 Å². The van der Waals surface area contributed by atoms with Gasteiger partial charge in [0.25, 0.3) is 0 Å². The van der Waals surface area contributed by atoms with E-state index in [0.717, 1.165) is 27.8 Å². The van der Waals surface area contributed by atoms with Crippen molar-refractivity contribution in [2.45, 2.75) is 12.1 Å². The molecule has 5 rings (SSSR count). The lowest BCUT2D eigenvalue weighted by Gasteiger charge is -2.12. The number of hydrogen-bond donors (Lipinski definition) is 2. The molecule has 0 atom stereocenters. The van der Waals surface area contributed by atoms with Crippen LogP contribution in [0.25, 0.3) is 33.7 Å². The Balaban J connectivity index is 1.51. The van der Waals surface area contributed by atoms with E-state index >= 15 is 0 Å². The molecular weight excluding hydrogens is 446 g/mol. The first kappa shape index (κ1) is 21.4. The SMILES string of the molecule is Cc1ccccc1-n1c(SC/C(O)=C(/C#N)c2nc3ccccc3[nH]2)nnc1-c1ccncc1. The lowest BCUT2D eigenvalue weighted by atomic mass is 10.2. The molecule has 0 aliphatic heterocycles. The zero-order valence-corrected chi connectivity index (χ0v) is 19.0. The number of thioether (sulfide) groups is 1. The predicted octanol–water partition coefficient (Wildman–Crippen LogP) is 5.10. The Morgan fingerprint density at radius 2 is 1.82 bits per heavy atom. The Labute approximate surface area is 199 Å². The van der Waals surface area contributed by atoms with Crippen LogP contribution >= 0.6 is 11.8 Å². The monoisotopic (exact) mass is 465 g/mol. The Morgan fingerprint density at radius 1 is 1.06 bits per heavy atom. The van der Waals surface area contributed by atoms with Gasteiger partial charge in [-0.1, -0.05) is 42.1 Å². The number of nitrogens with one attached hydrogen (secondary N) is 1. The first-order valence-electron chi connectivity index (χ1n) is 10.5. The average Bonchev–Trinajstić information content (AvgIpc) is 3.48. The van der Waals surface area contributed by atoms with Crippen LogP contribution in [0.5, 0.6) is 0 Å². The second-order valence-corrected chi connectivity index (χ2v) is 8.43. The number of imidazole rings is 1. The number of hydrogen-bond acceptors (Lipinski definition) is 7. The molecule has 0 bridgehead atoms. The number of allylic oxidation sites excluding steroid dienone is 1. The first-order valence-corrected chi connectivity index (χ1v) is 11.5. The Hall–Kier alpha value is -4.42. The summed E-state index contributed by atoms with van der Waals surface area (Å²) in [5, 5.41) is 29.9. The van der Waals surface area contributed by atoms with Gasteiger partial charge in [-0.2, -0.15) is 5.26 Å². The third kappa shape index (κ3) is 4.02. The number of aryl methyl sites for hydroxylation is 1. The normalized spacial score (nSPS) is 11.9. The van der Waals surface area contributed by atoms with Gasteiger partial charge in [-0.05, 0) is 42.8 Å². The number of fused-ring (bicyclic) bond motifs is 1. The van der Waals surface area contributed by atoms with Crippen LogP contribution < -0.4 is 0 Å². The second-order valence-electron chi connectivity index (χ2n) is 7.49. The van der Waals surface area contributed by atoms with Crippen LogP contribution in [0.1, 0.15) is 11.4 Å². The molecule has 0 fully saturated rings. The van der Waals surface area contributed by atoms with Crippen molar-refractivity contribution in [1.82, 2.24) is 29.7 Å². The van der Waals surface area contributed by atoms with Crippen molar-refractivity contribution in [3.8, 4) is 23.1 Å². The third-order valence-corrected chi connectivity index (χ3v) is 6.23. The van der Waals surface area contributed by atoms with Gasteiger partial charge in [0.05, 0.1) is 22.5 Å². The minimum atomic E-state index is -0.0867. The Bertz CT molecular complexity index is 1510. The van der Waals surface area contributed by atoms with E-state index in [1.165, 1.54) is 11.8 Å². The maximum absolute atomic E-state index is 10.8. The standard InChI is InChI=1S/C25H19N7OS/c1-16-6-2-5-9-21(16)32-24(17-10-12-27-13-11-17)30-31-25(32)34-15-22(33)18(14-26)23-28-19-7-3-4-8-20(19)29-23/h2-13,33H,15H2,1H3,(H,28,29)/b22-18+. The van der Waals surface area contributed by atoms with E-state index in [9.17, 15) is 10.4 Å². The molecule has 0 spiro atoms. The zero-order chi connectivity index (χ0) is 23.5. The van der Waals surface area contributed by atoms with Gasteiger partial charge in [-0.25, -0.2) is 4.98 Å². The van der Waals surface area contributed by atoms with Gasteiger partial charge in [0.2, 0.25) is 0 Å². The van der Waals surface area contributed by atoms with Gasteiger partial charge >= 0.3 is 0 Å². The van der Waals surface area contributed by atoms with Crippen LogP contribution in [0, 0.1) is 18.3 Å². The molecule has 2 aromatic carbocycles.